The van der Waals surface area contributed by atoms with Gasteiger partial charge in [0.2, 0.25) is 5.91 Å². The predicted octanol–water partition coefficient (Wildman–Crippen LogP) is 4.00. The van der Waals surface area contributed by atoms with E-state index < -0.39 is 94.8 Å². The summed E-state index contributed by atoms with van der Waals surface area (Å²) in [6, 6.07) is 3.93. The molecule has 2 heterocycles. The van der Waals surface area contributed by atoms with Gasteiger partial charge in [0.25, 0.3) is 5.60 Å². The van der Waals surface area contributed by atoms with E-state index in [2.05, 4.69) is 0 Å². The van der Waals surface area contributed by atoms with Crippen molar-refractivity contribution in [3.8, 4) is 0 Å². The molecule has 0 bridgehead atoms. The predicted molar refractivity (Wildman–Crippen MR) is 130 cm³/mol. The molecular formula is C25H23F8NO6S2. The van der Waals surface area contributed by atoms with Crippen LogP contribution in [-0.4, -0.2) is 69.7 Å². The van der Waals surface area contributed by atoms with Crippen molar-refractivity contribution in [3.05, 3.63) is 65.2 Å². The van der Waals surface area contributed by atoms with Gasteiger partial charge < -0.3 is 10.0 Å². The highest BCUT2D eigenvalue weighted by atomic mass is 32.2. The maximum absolute atomic E-state index is 15.2. The molecule has 7 nitrogen and oxygen atoms in total. The third kappa shape index (κ3) is 5.27. The van der Waals surface area contributed by atoms with E-state index >= 15 is 4.39 Å². The second-order valence-corrected chi connectivity index (χ2v) is 14.9. The van der Waals surface area contributed by atoms with E-state index in [1.165, 1.54) is 0 Å². The summed E-state index contributed by atoms with van der Waals surface area (Å²) in [6.45, 7) is -1.00. The molecule has 0 aromatic heterocycles. The van der Waals surface area contributed by atoms with Crippen LogP contribution in [0.5, 0.6) is 0 Å². The molecule has 0 saturated carbocycles. The highest BCUT2D eigenvalue weighted by Crippen LogP contribution is 2.52. The summed E-state index contributed by atoms with van der Waals surface area (Å²) in [7, 11) is -8.10. The van der Waals surface area contributed by atoms with E-state index in [-0.39, 0.29) is 43.0 Å². The van der Waals surface area contributed by atoms with Crippen LogP contribution in [0.2, 0.25) is 0 Å². The van der Waals surface area contributed by atoms with Crippen LogP contribution in [0, 0.1) is 17.6 Å². The van der Waals surface area contributed by atoms with Crippen molar-refractivity contribution >= 4 is 25.6 Å². The van der Waals surface area contributed by atoms with Gasteiger partial charge in [0.1, 0.15) is 26.2 Å². The first-order chi connectivity index (χ1) is 19.2. The third-order valence-corrected chi connectivity index (χ3v) is 12.0. The molecule has 1 atom stereocenters. The lowest BCUT2D eigenvalue weighted by atomic mass is 9.88. The van der Waals surface area contributed by atoms with Gasteiger partial charge in [0.05, 0.1) is 16.4 Å². The third-order valence-electron chi connectivity index (χ3n) is 7.79. The lowest BCUT2D eigenvalue weighted by Gasteiger charge is -2.34. The lowest BCUT2D eigenvalue weighted by molar-refractivity contribution is -0.377. The number of benzene rings is 2. The molecule has 1 N–H and O–H groups in total. The summed E-state index contributed by atoms with van der Waals surface area (Å²) in [5, 5.41) is 9.68. The molecule has 0 spiro atoms. The van der Waals surface area contributed by atoms with E-state index in [0.29, 0.717) is 6.07 Å². The van der Waals surface area contributed by atoms with Crippen molar-refractivity contribution in [1.29, 1.82) is 0 Å². The van der Waals surface area contributed by atoms with Crippen LogP contribution in [0.4, 0.5) is 35.1 Å². The maximum atomic E-state index is 15.2. The van der Waals surface area contributed by atoms with Crippen LogP contribution < -0.4 is 0 Å². The van der Waals surface area contributed by atoms with Crippen LogP contribution in [0.25, 0.3) is 0 Å². The highest BCUT2D eigenvalue weighted by molar-refractivity contribution is 7.92. The maximum Gasteiger partial charge on any atom is 0.430 e. The molecule has 1 unspecified atom stereocenters. The van der Waals surface area contributed by atoms with E-state index in [1.54, 1.807) is 0 Å². The van der Waals surface area contributed by atoms with E-state index in [1.807, 2.05) is 0 Å². The van der Waals surface area contributed by atoms with Crippen LogP contribution in [0.15, 0.2) is 47.4 Å². The zero-order valence-corrected chi connectivity index (χ0v) is 23.0. The summed E-state index contributed by atoms with van der Waals surface area (Å²) < 4.78 is 158. The van der Waals surface area contributed by atoms with Gasteiger partial charge in [-0.25, -0.2) is 25.6 Å². The molecule has 0 aliphatic carbocycles. The van der Waals surface area contributed by atoms with Crippen LogP contribution in [0.1, 0.15) is 30.4 Å². The van der Waals surface area contributed by atoms with Crippen molar-refractivity contribution in [2.24, 2.45) is 5.92 Å². The molecule has 1 amide bonds. The fraction of sp³-hybridized carbons (Fsp3) is 0.480. The molecular weight excluding hydrogens is 626 g/mol. The Morgan fingerprint density at radius 1 is 0.929 bits per heavy atom. The molecule has 4 rings (SSSR count). The van der Waals surface area contributed by atoms with Gasteiger partial charge in [-0.05, 0) is 55.2 Å². The number of carbonyl (C=O) groups is 1. The fourth-order valence-electron chi connectivity index (χ4n) is 5.37. The van der Waals surface area contributed by atoms with Crippen LogP contribution in [0.3, 0.4) is 0 Å². The summed E-state index contributed by atoms with van der Waals surface area (Å²) in [4.78, 5) is 13.8. The molecule has 2 saturated heterocycles. The molecule has 2 aromatic carbocycles. The first-order valence-corrected chi connectivity index (χ1v) is 15.6. The Bertz CT molecular complexity index is 1560. The Kier molecular flexibility index (Phi) is 7.98. The molecule has 2 fully saturated rings. The van der Waals surface area contributed by atoms with Crippen molar-refractivity contribution in [3.63, 3.8) is 0 Å². The minimum atomic E-state index is -6.41. The summed E-state index contributed by atoms with van der Waals surface area (Å²) in [5.74, 6) is -5.03. The number of hydrogen-bond donors (Lipinski definition) is 1. The fourth-order valence-corrected chi connectivity index (χ4v) is 8.93. The van der Waals surface area contributed by atoms with Crippen molar-refractivity contribution in [2.45, 2.75) is 46.9 Å². The Labute approximate surface area is 235 Å². The largest absolute Gasteiger partial charge is 0.430 e. The first kappa shape index (κ1) is 32.1. The molecule has 17 heteroatoms. The van der Waals surface area contributed by atoms with Gasteiger partial charge in [-0.1, -0.05) is 12.1 Å². The number of carbonyl (C=O) groups excluding carboxylic acids is 1. The molecule has 42 heavy (non-hydrogen) atoms. The SMILES string of the molecule is O=C(C1CCS(=O)(=O)CC1)N1CCC(c2ccc(C(O)(C(F)(F)F)C(F)(F)F)c(F)c2)(S(=O)(=O)c2ccc(F)cc2)C1. The highest BCUT2D eigenvalue weighted by Gasteiger charge is 2.72. The molecule has 232 valence electrons. The number of likely N-dealkylation sites (tertiary alicyclic amines) is 1. The monoisotopic (exact) mass is 649 g/mol. The van der Waals surface area contributed by atoms with E-state index in [0.717, 1.165) is 29.2 Å². The first-order valence-electron chi connectivity index (χ1n) is 12.3. The molecule has 2 aromatic rings. The summed E-state index contributed by atoms with van der Waals surface area (Å²) in [6.07, 6.45) is -13.4. The van der Waals surface area contributed by atoms with Gasteiger partial charge in [0, 0.05) is 24.6 Å². The number of nitrogens with zero attached hydrogens (tertiary/aromatic N) is 1. The van der Waals surface area contributed by atoms with Crippen molar-refractivity contribution in [1.82, 2.24) is 4.90 Å². The smallest absolute Gasteiger partial charge is 0.369 e. The van der Waals surface area contributed by atoms with Gasteiger partial charge in [-0.3, -0.25) is 4.79 Å². The van der Waals surface area contributed by atoms with Crippen LogP contribution >= 0.6 is 0 Å². The Morgan fingerprint density at radius 2 is 1.48 bits per heavy atom. The number of alkyl halides is 6. The molecule has 2 aliphatic rings. The number of sulfone groups is 2. The second-order valence-electron chi connectivity index (χ2n) is 10.3. The second kappa shape index (κ2) is 10.4. The standard InChI is InChI=1S/C25H23F8NO6S2/c26-17-2-4-18(5-3-17)42(39,40)22(9-10-34(14-22)21(35)15-7-11-41(37,38)12-8-15)16-1-6-19(20(27)13-16)23(36,24(28,29)30)25(31,32)33/h1-6,13,15,36H,7-12,14H2. The zero-order valence-electron chi connectivity index (χ0n) is 21.3. The molecule has 2 aliphatic heterocycles. The average molecular weight is 650 g/mol. The quantitative estimate of drug-likeness (QED) is 0.388. The topological polar surface area (TPSA) is 109 Å². The Hall–Kier alpha value is -2.79. The van der Waals surface area contributed by atoms with Crippen LogP contribution in [-0.2, 0) is 34.8 Å². The minimum absolute atomic E-state index is 0.00987. The zero-order chi connectivity index (χ0) is 31.5. The lowest BCUT2D eigenvalue weighted by Crippen LogP contribution is -2.54. The number of aliphatic hydroxyl groups is 1. The number of hydrogen-bond acceptors (Lipinski definition) is 6. The number of rotatable bonds is 5. The van der Waals surface area contributed by atoms with E-state index in [9.17, 15) is 57.5 Å². The van der Waals surface area contributed by atoms with Gasteiger partial charge >= 0.3 is 12.4 Å². The van der Waals surface area contributed by atoms with Crippen molar-refractivity contribution < 1.29 is 61.9 Å². The minimum Gasteiger partial charge on any atom is -0.369 e. The number of amides is 1. The van der Waals surface area contributed by atoms with Crippen molar-refractivity contribution in [2.75, 3.05) is 24.6 Å². The van der Waals surface area contributed by atoms with Gasteiger partial charge in [0.15, 0.2) is 9.84 Å². The summed E-state index contributed by atoms with van der Waals surface area (Å²) in [5.41, 5.74) is -8.44. The van der Waals surface area contributed by atoms with Gasteiger partial charge in [-0.15, -0.1) is 0 Å². The average Bonchev–Trinajstić information content (AvgIpc) is 3.34. The Morgan fingerprint density at radius 3 is 1.98 bits per heavy atom. The Balaban J connectivity index is 1.82. The normalized spacial score (nSPS) is 22.4. The molecule has 0 radical (unpaired) electrons. The van der Waals surface area contributed by atoms with Gasteiger partial charge in [-0.2, -0.15) is 26.3 Å². The summed E-state index contributed by atoms with van der Waals surface area (Å²) >= 11 is 0. The van der Waals surface area contributed by atoms with E-state index in [4.69, 9.17) is 0 Å². The number of halogens is 8.